The molecule has 0 N–H and O–H groups in total. The van der Waals surface area contributed by atoms with Crippen LogP contribution in [-0.4, -0.2) is 25.3 Å². The third kappa shape index (κ3) is 2.75. The second-order valence-corrected chi connectivity index (χ2v) is 3.42. The fourth-order valence-electron chi connectivity index (χ4n) is 0.888. The van der Waals surface area contributed by atoms with E-state index >= 15 is 0 Å². The van der Waals surface area contributed by atoms with Crippen LogP contribution in [0.3, 0.4) is 0 Å². The quantitative estimate of drug-likeness (QED) is 0.552. The molecule has 4 heteroatoms. The van der Waals surface area contributed by atoms with Gasteiger partial charge in [0.05, 0.1) is 17.6 Å². The molecule has 0 radical (unpaired) electrons. The zero-order valence-electron chi connectivity index (χ0n) is 8.03. The van der Waals surface area contributed by atoms with Gasteiger partial charge in [-0.3, -0.25) is 0 Å². The SMILES string of the molecule is CN(C)/C=N/c1ccc(Cl)cc1C#N. The van der Waals surface area contributed by atoms with Crippen molar-refractivity contribution in [2.45, 2.75) is 0 Å². The highest BCUT2D eigenvalue weighted by molar-refractivity contribution is 6.30. The van der Waals surface area contributed by atoms with Gasteiger partial charge in [0.25, 0.3) is 0 Å². The summed E-state index contributed by atoms with van der Waals surface area (Å²) in [5, 5.41) is 9.36. The number of hydrogen-bond acceptors (Lipinski definition) is 2. The van der Waals surface area contributed by atoms with E-state index in [0.29, 0.717) is 16.3 Å². The van der Waals surface area contributed by atoms with Crippen molar-refractivity contribution >= 4 is 23.6 Å². The minimum Gasteiger partial charge on any atom is -0.369 e. The van der Waals surface area contributed by atoms with E-state index in [1.807, 2.05) is 20.2 Å². The van der Waals surface area contributed by atoms with E-state index < -0.39 is 0 Å². The Balaban J connectivity index is 3.04. The topological polar surface area (TPSA) is 39.4 Å². The first-order valence-electron chi connectivity index (χ1n) is 4.04. The molecule has 0 heterocycles. The summed E-state index contributed by atoms with van der Waals surface area (Å²) in [6, 6.07) is 7.08. The molecule has 0 bridgehead atoms. The molecule has 0 aromatic heterocycles. The molecule has 0 fully saturated rings. The molecule has 0 aliphatic rings. The van der Waals surface area contributed by atoms with E-state index in [-0.39, 0.29) is 0 Å². The lowest BCUT2D eigenvalue weighted by Crippen LogP contribution is -2.07. The smallest absolute Gasteiger partial charge is 0.101 e. The minimum atomic E-state index is 0.482. The van der Waals surface area contributed by atoms with Gasteiger partial charge in [-0.15, -0.1) is 0 Å². The predicted molar refractivity (Wildman–Crippen MR) is 58.0 cm³/mol. The predicted octanol–water partition coefficient (Wildman–Crippen LogP) is 2.43. The van der Waals surface area contributed by atoms with Crippen LogP contribution in [-0.2, 0) is 0 Å². The Labute approximate surface area is 88.2 Å². The number of halogens is 1. The van der Waals surface area contributed by atoms with Gasteiger partial charge in [-0.1, -0.05) is 11.6 Å². The molecule has 72 valence electrons. The van der Waals surface area contributed by atoms with Gasteiger partial charge in [0.1, 0.15) is 6.07 Å². The Kier molecular flexibility index (Phi) is 3.49. The molecule has 14 heavy (non-hydrogen) atoms. The summed E-state index contributed by atoms with van der Waals surface area (Å²) in [5.74, 6) is 0. The monoisotopic (exact) mass is 207 g/mol. The van der Waals surface area contributed by atoms with Gasteiger partial charge in [-0.05, 0) is 18.2 Å². The zero-order valence-corrected chi connectivity index (χ0v) is 8.78. The second kappa shape index (κ2) is 4.64. The summed E-state index contributed by atoms with van der Waals surface area (Å²) < 4.78 is 0. The second-order valence-electron chi connectivity index (χ2n) is 2.98. The molecule has 1 aromatic rings. The summed E-state index contributed by atoms with van der Waals surface area (Å²) >= 11 is 5.74. The van der Waals surface area contributed by atoms with Crippen molar-refractivity contribution in [3.8, 4) is 6.07 Å². The zero-order chi connectivity index (χ0) is 10.6. The van der Waals surface area contributed by atoms with Crippen molar-refractivity contribution in [3.63, 3.8) is 0 Å². The van der Waals surface area contributed by atoms with Crippen LogP contribution < -0.4 is 0 Å². The first-order valence-corrected chi connectivity index (χ1v) is 4.41. The third-order valence-corrected chi connectivity index (χ3v) is 1.74. The Morgan fingerprint density at radius 3 is 2.79 bits per heavy atom. The summed E-state index contributed by atoms with van der Waals surface area (Å²) in [6.45, 7) is 0. The summed E-state index contributed by atoms with van der Waals surface area (Å²) in [6.07, 6.45) is 1.64. The minimum absolute atomic E-state index is 0.482. The number of benzene rings is 1. The van der Waals surface area contributed by atoms with E-state index in [2.05, 4.69) is 4.99 Å². The molecule has 0 saturated carbocycles. The van der Waals surface area contributed by atoms with Gasteiger partial charge in [0.2, 0.25) is 0 Å². The molecule has 0 atom stereocenters. The average molecular weight is 208 g/mol. The maximum absolute atomic E-state index is 8.81. The fourth-order valence-corrected chi connectivity index (χ4v) is 1.06. The van der Waals surface area contributed by atoms with Gasteiger partial charge < -0.3 is 4.90 Å². The summed E-state index contributed by atoms with van der Waals surface area (Å²) in [4.78, 5) is 5.94. The van der Waals surface area contributed by atoms with Crippen molar-refractivity contribution in [3.05, 3.63) is 28.8 Å². The van der Waals surface area contributed by atoms with E-state index in [9.17, 15) is 0 Å². The number of rotatable bonds is 2. The Bertz CT molecular complexity index is 391. The van der Waals surface area contributed by atoms with Crippen molar-refractivity contribution < 1.29 is 0 Å². The lowest BCUT2D eigenvalue weighted by Gasteiger charge is -2.03. The van der Waals surface area contributed by atoms with Crippen LogP contribution in [0.1, 0.15) is 5.56 Å². The highest BCUT2D eigenvalue weighted by Gasteiger charge is 2.00. The molecule has 0 saturated heterocycles. The van der Waals surface area contributed by atoms with E-state index in [0.717, 1.165) is 0 Å². The van der Waals surface area contributed by atoms with Crippen molar-refractivity contribution in [2.24, 2.45) is 4.99 Å². The summed E-state index contributed by atoms with van der Waals surface area (Å²) in [5.41, 5.74) is 1.11. The van der Waals surface area contributed by atoms with Crippen LogP contribution in [0.2, 0.25) is 5.02 Å². The molecule has 1 rings (SSSR count). The lowest BCUT2D eigenvalue weighted by molar-refractivity contribution is 0.643. The van der Waals surface area contributed by atoms with Gasteiger partial charge in [0, 0.05) is 19.1 Å². The van der Waals surface area contributed by atoms with Gasteiger partial charge in [0.15, 0.2) is 0 Å². The molecule has 0 amide bonds. The normalized spacial score (nSPS) is 10.1. The molecule has 0 unspecified atom stereocenters. The van der Waals surface area contributed by atoms with Crippen LogP contribution in [0.4, 0.5) is 5.69 Å². The van der Waals surface area contributed by atoms with Crippen molar-refractivity contribution in [1.82, 2.24) is 4.90 Å². The third-order valence-electron chi connectivity index (χ3n) is 1.51. The Hall–Kier alpha value is -1.53. The van der Waals surface area contributed by atoms with Crippen LogP contribution in [0.5, 0.6) is 0 Å². The number of nitrogens with zero attached hydrogens (tertiary/aromatic N) is 3. The van der Waals surface area contributed by atoms with E-state index in [1.54, 1.807) is 29.4 Å². The first-order chi connectivity index (χ1) is 6.63. The maximum Gasteiger partial charge on any atom is 0.101 e. The highest BCUT2D eigenvalue weighted by Crippen LogP contribution is 2.21. The fraction of sp³-hybridized carbons (Fsp3) is 0.200. The molecule has 0 aliphatic heterocycles. The maximum atomic E-state index is 8.81. The molecule has 3 nitrogen and oxygen atoms in total. The summed E-state index contributed by atoms with van der Waals surface area (Å²) in [7, 11) is 3.73. The number of aliphatic imine (C=N–C) groups is 1. The van der Waals surface area contributed by atoms with E-state index in [4.69, 9.17) is 16.9 Å². The molecular formula is C10H10ClN3. The van der Waals surface area contributed by atoms with Crippen molar-refractivity contribution in [2.75, 3.05) is 14.1 Å². The molecule has 0 aliphatic carbocycles. The van der Waals surface area contributed by atoms with Crippen LogP contribution in [0, 0.1) is 11.3 Å². The first kappa shape index (κ1) is 10.6. The van der Waals surface area contributed by atoms with Gasteiger partial charge in [-0.2, -0.15) is 5.26 Å². The molecule has 1 aromatic carbocycles. The van der Waals surface area contributed by atoms with Crippen molar-refractivity contribution in [1.29, 1.82) is 5.26 Å². The van der Waals surface area contributed by atoms with Gasteiger partial charge >= 0.3 is 0 Å². The largest absolute Gasteiger partial charge is 0.369 e. The molecular weight excluding hydrogens is 198 g/mol. The number of hydrogen-bond donors (Lipinski definition) is 0. The molecule has 0 spiro atoms. The Morgan fingerprint density at radius 1 is 1.50 bits per heavy atom. The standard InChI is InChI=1S/C10H10ClN3/c1-14(2)7-13-10-4-3-9(11)5-8(10)6-12/h3-5,7H,1-2H3/b13-7+. The number of nitriles is 1. The van der Waals surface area contributed by atoms with Crippen LogP contribution in [0.25, 0.3) is 0 Å². The van der Waals surface area contributed by atoms with Gasteiger partial charge in [-0.25, -0.2) is 4.99 Å². The van der Waals surface area contributed by atoms with E-state index in [1.165, 1.54) is 0 Å². The lowest BCUT2D eigenvalue weighted by atomic mass is 10.2. The highest BCUT2D eigenvalue weighted by atomic mass is 35.5. The Morgan fingerprint density at radius 2 is 2.21 bits per heavy atom. The van der Waals surface area contributed by atoms with Crippen LogP contribution in [0.15, 0.2) is 23.2 Å². The van der Waals surface area contributed by atoms with Crippen LogP contribution >= 0.6 is 11.6 Å². The average Bonchev–Trinajstić information content (AvgIpc) is 2.15.